The van der Waals surface area contributed by atoms with Gasteiger partial charge in [-0.15, -0.1) is 12.4 Å². The molecule has 2 N–H and O–H groups in total. The summed E-state index contributed by atoms with van der Waals surface area (Å²) in [6, 6.07) is 10.1. The fraction of sp³-hybridized carbons (Fsp3) is 0.231. The van der Waals surface area contributed by atoms with Crippen molar-refractivity contribution in [3.8, 4) is 0 Å². The van der Waals surface area contributed by atoms with Crippen LogP contribution in [0, 0.1) is 0 Å². The van der Waals surface area contributed by atoms with Gasteiger partial charge in [-0.2, -0.15) is 4.98 Å². The Kier molecular flexibility index (Phi) is 4.12. The number of para-hydroxylation sites is 1. The summed E-state index contributed by atoms with van der Waals surface area (Å²) in [6.45, 7) is 0.920. The van der Waals surface area contributed by atoms with Gasteiger partial charge in [0.25, 0.3) is 0 Å². The second-order valence-electron chi connectivity index (χ2n) is 4.29. The van der Waals surface area contributed by atoms with E-state index in [-0.39, 0.29) is 18.4 Å². The highest BCUT2D eigenvalue weighted by Crippen LogP contribution is 2.33. The highest BCUT2D eigenvalue weighted by Gasteiger charge is 2.19. The first-order chi connectivity index (χ1) is 8.74. The lowest BCUT2D eigenvalue weighted by Gasteiger charge is -2.30. The predicted octanol–water partition coefficient (Wildman–Crippen LogP) is 3.22. The maximum atomic E-state index is 5.94. The molecule has 1 aromatic heterocycles. The molecule has 1 aliphatic rings. The van der Waals surface area contributed by atoms with Gasteiger partial charge >= 0.3 is 0 Å². The number of hydrogen-bond donors (Lipinski definition) is 1. The quantitative estimate of drug-likeness (QED) is 0.821. The summed E-state index contributed by atoms with van der Waals surface area (Å²) in [7, 11) is 0. The molecule has 0 bridgehead atoms. The van der Waals surface area contributed by atoms with Gasteiger partial charge in [-0.1, -0.05) is 29.8 Å². The lowest BCUT2D eigenvalue weighted by atomic mass is 10.0. The zero-order valence-electron chi connectivity index (χ0n) is 10.2. The van der Waals surface area contributed by atoms with E-state index in [1.807, 2.05) is 6.07 Å². The zero-order valence-corrected chi connectivity index (χ0v) is 11.8. The number of anilines is 3. The van der Waals surface area contributed by atoms with Crippen LogP contribution in [0.15, 0.2) is 30.3 Å². The van der Waals surface area contributed by atoms with Crippen LogP contribution in [0.4, 0.5) is 17.5 Å². The molecule has 0 amide bonds. The minimum Gasteiger partial charge on any atom is -0.368 e. The molecule has 0 spiro atoms. The number of rotatable bonds is 1. The molecule has 19 heavy (non-hydrogen) atoms. The minimum absolute atomic E-state index is 0. The van der Waals surface area contributed by atoms with Crippen LogP contribution in [0.3, 0.4) is 0 Å². The van der Waals surface area contributed by atoms with Crippen LogP contribution in [0.5, 0.6) is 0 Å². The van der Waals surface area contributed by atoms with E-state index in [1.54, 1.807) is 6.07 Å². The van der Waals surface area contributed by atoms with Crippen LogP contribution >= 0.6 is 24.0 Å². The standard InChI is InChI=1S/C13H13ClN4.ClH/c14-11-8-12(17-13(15)16-11)18-7-3-5-9-4-1-2-6-10(9)18;/h1-2,4,6,8H,3,5,7H2,(H2,15,16,17);1H. The molecule has 0 aliphatic carbocycles. The zero-order chi connectivity index (χ0) is 12.5. The lowest BCUT2D eigenvalue weighted by molar-refractivity contribution is 0.759. The van der Waals surface area contributed by atoms with Gasteiger partial charge in [0.1, 0.15) is 11.0 Å². The molecule has 0 saturated carbocycles. The fourth-order valence-electron chi connectivity index (χ4n) is 2.33. The lowest BCUT2D eigenvalue weighted by Crippen LogP contribution is -2.25. The summed E-state index contributed by atoms with van der Waals surface area (Å²) in [4.78, 5) is 10.3. The summed E-state index contributed by atoms with van der Waals surface area (Å²) >= 11 is 5.94. The normalized spacial score (nSPS) is 13.6. The van der Waals surface area contributed by atoms with E-state index < -0.39 is 0 Å². The molecular formula is C13H14Cl2N4. The average Bonchev–Trinajstić information content (AvgIpc) is 2.37. The van der Waals surface area contributed by atoms with Crippen molar-refractivity contribution >= 4 is 41.5 Å². The second-order valence-corrected chi connectivity index (χ2v) is 4.68. The summed E-state index contributed by atoms with van der Waals surface area (Å²) in [5, 5.41) is 0.376. The molecule has 2 heterocycles. The van der Waals surface area contributed by atoms with Crippen molar-refractivity contribution in [3.05, 3.63) is 41.0 Å². The third-order valence-electron chi connectivity index (χ3n) is 3.09. The number of aryl methyl sites for hydroxylation is 1. The fourth-order valence-corrected chi connectivity index (χ4v) is 2.52. The van der Waals surface area contributed by atoms with Gasteiger partial charge in [0.15, 0.2) is 0 Å². The summed E-state index contributed by atoms with van der Waals surface area (Å²) < 4.78 is 0. The monoisotopic (exact) mass is 296 g/mol. The van der Waals surface area contributed by atoms with Gasteiger partial charge in [0, 0.05) is 18.3 Å². The van der Waals surface area contributed by atoms with E-state index in [2.05, 4.69) is 33.1 Å². The number of nitrogens with two attached hydrogens (primary N) is 1. The Labute approximate surface area is 123 Å². The number of aromatic nitrogens is 2. The van der Waals surface area contributed by atoms with Crippen LogP contribution in [-0.2, 0) is 6.42 Å². The number of benzene rings is 1. The molecule has 3 rings (SSSR count). The van der Waals surface area contributed by atoms with Crippen molar-refractivity contribution in [1.29, 1.82) is 0 Å². The first-order valence-electron chi connectivity index (χ1n) is 5.89. The molecule has 0 fully saturated rings. The molecule has 0 saturated heterocycles. The van der Waals surface area contributed by atoms with E-state index in [9.17, 15) is 0 Å². The van der Waals surface area contributed by atoms with Crippen LogP contribution < -0.4 is 10.6 Å². The SMILES string of the molecule is Cl.Nc1nc(Cl)cc(N2CCCc3ccccc32)n1. The number of halogens is 2. The van der Waals surface area contributed by atoms with Crippen LogP contribution in [-0.4, -0.2) is 16.5 Å². The van der Waals surface area contributed by atoms with Gasteiger partial charge < -0.3 is 10.6 Å². The maximum absolute atomic E-state index is 5.94. The topological polar surface area (TPSA) is 55.0 Å². The highest BCUT2D eigenvalue weighted by molar-refractivity contribution is 6.29. The largest absolute Gasteiger partial charge is 0.368 e. The Morgan fingerprint density at radius 3 is 2.79 bits per heavy atom. The van der Waals surface area contributed by atoms with Gasteiger partial charge in [0.2, 0.25) is 5.95 Å². The van der Waals surface area contributed by atoms with E-state index in [0.29, 0.717) is 5.15 Å². The summed E-state index contributed by atoms with van der Waals surface area (Å²) in [6.07, 6.45) is 2.19. The maximum Gasteiger partial charge on any atom is 0.223 e. The van der Waals surface area contributed by atoms with E-state index in [4.69, 9.17) is 17.3 Å². The van der Waals surface area contributed by atoms with Crippen LogP contribution in [0.1, 0.15) is 12.0 Å². The van der Waals surface area contributed by atoms with Crippen molar-refractivity contribution in [2.45, 2.75) is 12.8 Å². The Hall–Kier alpha value is -1.52. The Morgan fingerprint density at radius 1 is 1.21 bits per heavy atom. The van der Waals surface area contributed by atoms with Crippen molar-refractivity contribution in [2.24, 2.45) is 0 Å². The third kappa shape index (κ3) is 2.74. The number of hydrogen-bond acceptors (Lipinski definition) is 4. The van der Waals surface area contributed by atoms with Crippen LogP contribution in [0.25, 0.3) is 0 Å². The third-order valence-corrected chi connectivity index (χ3v) is 3.28. The summed E-state index contributed by atoms with van der Waals surface area (Å²) in [5.74, 6) is 0.972. The van der Waals surface area contributed by atoms with Gasteiger partial charge in [0.05, 0.1) is 0 Å². The molecule has 0 radical (unpaired) electrons. The molecule has 100 valence electrons. The molecular weight excluding hydrogens is 283 g/mol. The molecule has 4 nitrogen and oxygen atoms in total. The highest BCUT2D eigenvalue weighted by atomic mass is 35.5. The molecule has 1 aromatic carbocycles. The Balaban J connectivity index is 0.00000133. The minimum atomic E-state index is 0. The molecule has 1 aliphatic heterocycles. The van der Waals surface area contributed by atoms with E-state index >= 15 is 0 Å². The average molecular weight is 297 g/mol. The van der Waals surface area contributed by atoms with Crippen molar-refractivity contribution in [1.82, 2.24) is 9.97 Å². The predicted molar refractivity (Wildman–Crippen MR) is 80.5 cm³/mol. The van der Waals surface area contributed by atoms with Crippen molar-refractivity contribution in [3.63, 3.8) is 0 Å². The number of nitrogen functional groups attached to an aromatic ring is 1. The second kappa shape index (κ2) is 5.63. The first kappa shape index (κ1) is 13.9. The summed E-state index contributed by atoms with van der Waals surface area (Å²) in [5.41, 5.74) is 8.16. The Bertz CT molecular complexity index is 568. The Morgan fingerprint density at radius 2 is 2.00 bits per heavy atom. The molecule has 6 heteroatoms. The molecule has 0 atom stereocenters. The molecule has 0 unspecified atom stereocenters. The van der Waals surface area contributed by atoms with E-state index in [1.165, 1.54) is 11.3 Å². The van der Waals surface area contributed by atoms with Crippen molar-refractivity contribution in [2.75, 3.05) is 17.2 Å². The van der Waals surface area contributed by atoms with Gasteiger partial charge in [-0.25, -0.2) is 4.98 Å². The van der Waals surface area contributed by atoms with Gasteiger partial charge in [-0.3, -0.25) is 0 Å². The first-order valence-corrected chi connectivity index (χ1v) is 6.27. The molecule has 2 aromatic rings. The number of fused-ring (bicyclic) bond motifs is 1. The van der Waals surface area contributed by atoms with Crippen LogP contribution in [0.2, 0.25) is 5.15 Å². The van der Waals surface area contributed by atoms with E-state index in [0.717, 1.165) is 25.2 Å². The van der Waals surface area contributed by atoms with Gasteiger partial charge in [-0.05, 0) is 24.5 Å². The van der Waals surface area contributed by atoms with Crippen molar-refractivity contribution < 1.29 is 0 Å². The smallest absolute Gasteiger partial charge is 0.223 e. The number of nitrogens with zero attached hydrogens (tertiary/aromatic N) is 3.